The molecule has 0 unspecified atom stereocenters. The molecule has 0 saturated heterocycles. The molecule has 21 heavy (non-hydrogen) atoms. The number of aromatic nitrogens is 3. The Balaban J connectivity index is 2.29. The predicted molar refractivity (Wildman–Crippen MR) is 80.3 cm³/mol. The molecule has 3 rings (SSSR count). The molecule has 106 valence electrons. The average Bonchev–Trinajstić information content (AvgIpc) is 2.79. The second kappa shape index (κ2) is 4.75. The number of halogens is 1. The van der Waals surface area contributed by atoms with E-state index in [9.17, 15) is 9.90 Å². The van der Waals surface area contributed by atoms with E-state index in [-0.39, 0.29) is 16.5 Å². The van der Waals surface area contributed by atoms with Gasteiger partial charge in [-0.15, -0.1) is 0 Å². The Hall–Kier alpha value is -2.60. The van der Waals surface area contributed by atoms with E-state index in [0.717, 1.165) is 10.9 Å². The fourth-order valence-electron chi connectivity index (χ4n) is 2.30. The molecular formula is C14H11ClN4O2. The number of fused-ring (bicyclic) bond motifs is 1. The highest BCUT2D eigenvalue weighted by molar-refractivity contribution is 6.33. The van der Waals surface area contributed by atoms with Crippen molar-refractivity contribution in [1.82, 2.24) is 14.8 Å². The van der Waals surface area contributed by atoms with E-state index >= 15 is 0 Å². The van der Waals surface area contributed by atoms with E-state index in [0.29, 0.717) is 11.1 Å². The molecule has 3 N–H and O–H groups in total. The number of nitrogens with two attached hydrogens (primary N) is 1. The Bertz CT molecular complexity index is 873. The molecule has 0 radical (unpaired) electrons. The third-order valence-electron chi connectivity index (χ3n) is 3.26. The number of carboxylic acids is 1. The molecule has 2 heterocycles. The zero-order valence-corrected chi connectivity index (χ0v) is 11.8. The molecule has 0 aliphatic carbocycles. The molecule has 0 aliphatic heterocycles. The van der Waals surface area contributed by atoms with Crippen LogP contribution in [0, 0.1) is 0 Å². The highest BCUT2D eigenvalue weighted by Crippen LogP contribution is 2.33. The molecule has 7 heteroatoms. The maximum absolute atomic E-state index is 11.4. The van der Waals surface area contributed by atoms with Gasteiger partial charge in [0.2, 0.25) is 0 Å². The molecule has 1 aromatic carbocycles. The molecule has 0 amide bonds. The number of nitrogen functional groups attached to an aromatic ring is 1. The molecule has 2 aromatic heterocycles. The number of nitrogens with zero attached hydrogens (tertiary/aromatic N) is 3. The van der Waals surface area contributed by atoms with Gasteiger partial charge in [0.1, 0.15) is 11.0 Å². The highest BCUT2D eigenvalue weighted by Gasteiger charge is 2.18. The van der Waals surface area contributed by atoms with Crippen molar-refractivity contribution in [3.63, 3.8) is 0 Å². The Labute approximate surface area is 124 Å². The van der Waals surface area contributed by atoms with Gasteiger partial charge in [-0.3, -0.25) is 4.68 Å². The number of hydrogen-bond donors (Lipinski definition) is 2. The average molecular weight is 303 g/mol. The first-order chi connectivity index (χ1) is 9.97. The molecule has 0 spiro atoms. The minimum atomic E-state index is -1.10. The zero-order valence-electron chi connectivity index (χ0n) is 11.0. The van der Waals surface area contributed by atoms with Gasteiger partial charge in [-0.05, 0) is 23.8 Å². The number of aryl methyl sites for hydroxylation is 1. The van der Waals surface area contributed by atoms with Gasteiger partial charge < -0.3 is 10.8 Å². The summed E-state index contributed by atoms with van der Waals surface area (Å²) in [6, 6.07) is 6.77. The number of anilines is 1. The summed E-state index contributed by atoms with van der Waals surface area (Å²) in [4.78, 5) is 15.3. The van der Waals surface area contributed by atoms with Crippen LogP contribution in [-0.2, 0) is 7.05 Å². The van der Waals surface area contributed by atoms with E-state index in [2.05, 4.69) is 10.1 Å². The lowest BCUT2D eigenvalue weighted by atomic mass is 10.0. The lowest BCUT2D eigenvalue weighted by Gasteiger charge is -2.09. The van der Waals surface area contributed by atoms with Gasteiger partial charge in [-0.2, -0.15) is 5.10 Å². The Morgan fingerprint density at radius 2 is 2.14 bits per heavy atom. The number of benzene rings is 1. The lowest BCUT2D eigenvalue weighted by Crippen LogP contribution is -2.04. The monoisotopic (exact) mass is 302 g/mol. The van der Waals surface area contributed by atoms with Gasteiger partial charge in [0, 0.05) is 18.0 Å². The predicted octanol–water partition coefficient (Wildman–Crippen LogP) is 2.57. The van der Waals surface area contributed by atoms with Crippen LogP contribution in [0.1, 0.15) is 10.4 Å². The van der Waals surface area contributed by atoms with Crippen LogP contribution in [0.5, 0.6) is 0 Å². The second-order valence-electron chi connectivity index (χ2n) is 4.61. The molecular weight excluding hydrogens is 292 g/mol. The van der Waals surface area contributed by atoms with Crippen molar-refractivity contribution in [2.75, 3.05) is 5.73 Å². The third kappa shape index (κ3) is 2.19. The standard InChI is InChI=1S/C14H11ClN4O2/c1-19-10-3-2-7(4-8(10)6-17-19)12-9(14(20)21)5-11(16)18-13(12)15/h2-6H,1H3,(H2,16,18)(H,20,21). The van der Waals surface area contributed by atoms with Crippen molar-refractivity contribution < 1.29 is 9.90 Å². The highest BCUT2D eigenvalue weighted by atomic mass is 35.5. The van der Waals surface area contributed by atoms with Gasteiger partial charge in [-0.1, -0.05) is 17.7 Å². The van der Waals surface area contributed by atoms with Crippen molar-refractivity contribution in [3.05, 3.63) is 41.2 Å². The zero-order chi connectivity index (χ0) is 15.1. The third-order valence-corrected chi connectivity index (χ3v) is 3.53. The number of hydrogen-bond acceptors (Lipinski definition) is 4. The first-order valence-electron chi connectivity index (χ1n) is 6.09. The first kappa shape index (κ1) is 13.4. The van der Waals surface area contributed by atoms with Gasteiger partial charge in [0.25, 0.3) is 0 Å². The second-order valence-corrected chi connectivity index (χ2v) is 4.97. The molecule has 0 fully saturated rings. The lowest BCUT2D eigenvalue weighted by molar-refractivity contribution is 0.0697. The maximum atomic E-state index is 11.4. The van der Waals surface area contributed by atoms with E-state index < -0.39 is 5.97 Å². The summed E-state index contributed by atoms with van der Waals surface area (Å²) in [7, 11) is 1.84. The minimum Gasteiger partial charge on any atom is -0.478 e. The smallest absolute Gasteiger partial charge is 0.336 e. The number of aromatic carboxylic acids is 1. The van der Waals surface area contributed by atoms with Gasteiger partial charge in [0.05, 0.1) is 17.3 Å². The van der Waals surface area contributed by atoms with Gasteiger partial charge in [-0.25, -0.2) is 9.78 Å². The first-order valence-corrected chi connectivity index (χ1v) is 6.46. The summed E-state index contributed by atoms with van der Waals surface area (Å²) < 4.78 is 1.74. The van der Waals surface area contributed by atoms with Crippen LogP contribution in [0.25, 0.3) is 22.0 Å². The number of carboxylic acid groups (broad SMARTS) is 1. The number of rotatable bonds is 2. The van der Waals surface area contributed by atoms with E-state index in [1.807, 2.05) is 19.2 Å². The fourth-order valence-corrected chi connectivity index (χ4v) is 2.60. The van der Waals surface area contributed by atoms with Crippen LogP contribution in [0.2, 0.25) is 5.15 Å². The largest absolute Gasteiger partial charge is 0.478 e. The van der Waals surface area contributed by atoms with E-state index in [1.54, 1.807) is 16.9 Å². The van der Waals surface area contributed by atoms with Gasteiger partial charge >= 0.3 is 5.97 Å². The molecule has 0 atom stereocenters. The fraction of sp³-hybridized carbons (Fsp3) is 0.0714. The van der Waals surface area contributed by atoms with Gasteiger partial charge in [0.15, 0.2) is 0 Å². The van der Waals surface area contributed by atoms with Crippen LogP contribution in [0.3, 0.4) is 0 Å². The number of carbonyl (C=O) groups is 1. The topological polar surface area (TPSA) is 94.0 Å². The Morgan fingerprint density at radius 1 is 1.38 bits per heavy atom. The maximum Gasteiger partial charge on any atom is 0.336 e. The minimum absolute atomic E-state index is 0.0238. The summed E-state index contributed by atoms with van der Waals surface area (Å²) >= 11 is 6.09. The Kier molecular flexibility index (Phi) is 3.03. The Morgan fingerprint density at radius 3 is 2.86 bits per heavy atom. The van der Waals surface area contributed by atoms with Crippen molar-refractivity contribution in [1.29, 1.82) is 0 Å². The molecule has 0 aliphatic rings. The quantitative estimate of drug-likeness (QED) is 0.710. The van der Waals surface area contributed by atoms with Crippen LogP contribution >= 0.6 is 11.6 Å². The van der Waals surface area contributed by atoms with E-state index in [1.165, 1.54) is 6.07 Å². The summed E-state index contributed by atoms with van der Waals surface area (Å²) in [6.45, 7) is 0. The van der Waals surface area contributed by atoms with Crippen molar-refractivity contribution in [2.24, 2.45) is 7.05 Å². The summed E-state index contributed by atoms with van der Waals surface area (Å²) in [5.74, 6) is -1.03. The summed E-state index contributed by atoms with van der Waals surface area (Å²) in [5.41, 5.74) is 7.54. The normalized spacial score (nSPS) is 11.0. The SMILES string of the molecule is Cn1ncc2cc(-c3c(C(=O)O)cc(N)nc3Cl)ccc21. The molecule has 0 bridgehead atoms. The van der Waals surface area contributed by atoms with Crippen LogP contribution in [-0.4, -0.2) is 25.8 Å². The van der Waals surface area contributed by atoms with Crippen LogP contribution in [0.15, 0.2) is 30.5 Å². The number of pyridine rings is 1. The van der Waals surface area contributed by atoms with Crippen molar-refractivity contribution >= 4 is 34.3 Å². The summed E-state index contributed by atoms with van der Waals surface area (Å²) in [5, 5.41) is 14.4. The molecule has 0 saturated carbocycles. The molecule has 3 aromatic rings. The summed E-state index contributed by atoms with van der Waals surface area (Å²) in [6.07, 6.45) is 1.71. The van der Waals surface area contributed by atoms with Crippen molar-refractivity contribution in [2.45, 2.75) is 0 Å². The van der Waals surface area contributed by atoms with Crippen LogP contribution in [0.4, 0.5) is 5.82 Å². The van der Waals surface area contributed by atoms with E-state index in [4.69, 9.17) is 17.3 Å². The molecule has 6 nitrogen and oxygen atoms in total. The van der Waals surface area contributed by atoms with Crippen LogP contribution < -0.4 is 5.73 Å². The van der Waals surface area contributed by atoms with Crippen molar-refractivity contribution in [3.8, 4) is 11.1 Å².